The molecule has 3 aromatic rings. The molecule has 2 aromatic heterocycles. The van der Waals surface area contributed by atoms with E-state index in [1.165, 1.54) is 11.3 Å². The Labute approximate surface area is 118 Å². The zero-order chi connectivity index (χ0) is 13.4. The van der Waals surface area contributed by atoms with Gasteiger partial charge in [-0.1, -0.05) is 18.2 Å². The number of rotatable bonds is 3. The fourth-order valence-corrected chi connectivity index (χ4v) is 3.48. The number of aromatic amines is 1. The molecule has 0 atom stereocenters. The first-order valence-corrected chi connectivity index (χ1v) is 7.08. The Bertz CT molecular complexity index is 860. The Morgan fingerprint density at radius 3 is 3.00 bits per heavy atom. The number of methoxy groups -OCH3 is 1. The van der Waals surface area contributed by atoms with Gasteiger partial charge in [-0.25, -0.2) is 0 Å². The minimum Gasteiger partial charge on any atom is -0.383 e. The molecule has 6 heteroatoms. The molecule has 0 saturated carbocycles. The second-order valence-electron chi connectivity index (χ2n) is 4.18. The number of ether oxygens (including phenoxy) is 1. The minimum atomic E-state index is -0.0444. The van der Waals surface area contributed by atoms with Crippen LogP contribution in [-0.2, 0) is 11.3 Å². The number of H-pyrrole nitrogens is 1. The Morgan fingerprint density at radius 1 is 1.42 bits per heavy atom. The van der Waals surface area contributed by atoms with Crippen molar-refractivity contribution in [2.75, 3.05) is 13.7 Å². The third-order valence-electron chi connectivity index (χ3n) is 3.03. The van der Waals surface area contributed by atoms with Crippen LogP contribution < -0.4 is 5.56 Å². The molecule has 98 valence electrons. The molecule has 0 aliphatic rings. The Hall–Kier alpha value is -1.50. The van der Waals surface area contributed by atoms with E-state index >= 15 is 0 Å². The maximum Gasteiger partial charge on any atom is 0.272 e. The zero-order valence-electron chi connectivity index (χ0n) is 10.3. The van der Waals surface area contributed by atoms with Gasteiger partial charge in [-0.3, -0.25) is 9.36 Å². The standard InChI is InChI=1S/C13H12N2O2S2/c1-17-7-6-15-12(16)11-10(14-13(15)18)8-4-2-3-5-9(8)19-11/h2-5H,6-7H2,1H3,(H,14,18). The normalized spacial score (nSPS) is 11.4. The van der Waals surface area contributed by atoms with Gasteiger partial charge in [0.1, 0.15) is 4.70 Å². The number of nitrogens with one attached hydrogen (secondary N) is 1. The first-order valence-electron chi connectivity index (χ1n) is 5.85. The van der Waals surface area contributed by atoms with E-state index in [-0.39, 0.29) is 5.56 Å². The zero-order valence-corrected chi connectivity index (χ0v) is 11.9. The van der Waals surface area contributed by atoms with Crippen LogP contribution in [0.5, 0.6) is 0 Å². The Balaban J connectivity index is 2.36. The smallest absolute Gasteiger partial charge is 0.272 e. The molecular formula is C13H12N2O2S2. The lowest BCUT2D eigenvalue weighted by atomic mass is 10.2. The molecule has 0 radical (unpaired) electrons. The predicted octanol–water partition coefficient (Wildman–Crippen LogP) is 2.92. The highest BCUT2D eigenvalue weighted by Gasteiger charge is 2.11. The summed E-state index contributed by atoms with van der Waals surface area (Å²) in [6.07, 6.45) is 0. The van der Waals surface area contributed by atoms with Crippen LogP contribution in [0.3, 0.4) is 0 Å². The summed E-state index contributed by atoms with van der Waals surface area (Å²) >= 11 is 6.76. The molecule has 2 heterocycles. The van der Waals surface area contributed by atoms with Crippen molar-refractivity contribution >= 4 is 43.9 Å². The van der Waals surface area contributed by atoms with Crippen molar-refractivity contribution < 1.29 is 4.74 Å². The van der Waals surface area contributed by atoms with E-state index in [1.807, 2.05) is 24.3 Å². The number of hydrogen-bond acceptors (Lipinski definition) is 4. The van der Waals surface area contributed by atoms with Crippen LogP contribution in [0.25, 0.3) is 20.3 Å². The SMILES string of the molecule is COCCn1c(=S)[nH]c2c(sc3ccccc32)c1=O. The molecule has 19 heavy (non-hydrogen) atoms. The van der Waals surface area contributed by atoms with Crippen LogP contribution in [-0.4, -0.2) is 23.3 Å². The van der Waals surface area contributed by atoms with Crippen molar-refractivity contribution in [1.82, 2.24) is 9.55 Å². The quantitative estimate of drug-likeness (QED) is 0.755. The van der Waals surface area contributed by atoms with Crippen LogP contribution in [0, 0.1) is 4.77 Å². The van der Waals surface area contributed by atoms with Crippen molar-refractivity contribution in [1.29, 1.82) is 0 Å². The molecule has 0 amide bonds. The predicted molar refractivity (Wildman–Crippen MR) is 80.7 cm³/mol. The summed E-state index contributed by atoms with van der Waals surface area (Å²) in [4.78, 5) is 15.6. The lowest BCUT2D eigenvalue weighted by molar-refractivity contribution is 0.185. The number of nitrogens with zero attached hydrogens (tertiary/aromatic N) is 1. The fraction of sp³-hybridized carbons (Fsp3) is 0.231. The number of hydrogen-bond donors (Lipinski definition) is 1. The average Bonchev–Trinajstić information content (AvgIpc) is 2.78. The van der Waals surface area contributed by atoms with Gasteiger partial charge in [-0.15, -0.1) is 11.3 Å². The molecule has 0 spiro atoms. The summed E-state index contributed by atoms with van der Waals surface area (Å²) in [5.41, 5.74) is 0.793. The molecule has 0 unspecified atom stereocenters. The molecule has 0 bridgehead atoms. The summed E-state index contributed by atoms with van der Waals surface area (Å²) in [5.74, 6) is 0. The van der Waals surface area contributed by atoms with Crippen LogP contribution in [0.15, 0.2) is 29.1 Å². The number of benzene rings is 1. The van der Waals surface area contributed by atoms with Gasteiger partial charge in [0, 0.05) is 17.2 Å². The van der Waals surface area contributed by atoms with Gasteiger partial charge >= 0.3 is 0 Å². The van der Waals surface area contributed by atoms with Crippen molar-refractivity contribution in [2.45, 2.75) is 6.54 Å². The van der Waals surface area contributed by atoms with E-state index in [0.29, 0.717) is 22.6 Å². The fourth-order valence-electron chi connectivity index (χ4n) is 2.10. The van der Waals surface area contributed by atoms with Crippen LogP contribution >= 0.6 is 23.6 Å². The monoisotopic (exact) mass is 292 g/mol. The van der Waals surface area contributed by atoms with E-state index in [9.17, 15) is 4.79 Å². The molecule has 0 aliphatic heterocycles. The summed E-state index contributed by atoms with van der Waals surface area (Å²) < 4.78 is 8.81. The van der Waals surface area contributed by atoms with Gasteiger partial charge in [0.05, 0.1) is 18.7 Å². The largest absolute Gasteiger partial charge is 0.383 e. The summed E-state index contributed by atoms with van der Waals surface area (Å²) in [6.45, 7) is 0.933. The number of thiophene rings is 1. The van der Waals surface area contributed by atoms with Crippen molar-refractivity contribution in [3.05, 3.63) is 39.4 Å². The van der Waals surface area contributed by atoms with E-state index in [4.69, 9.17) is 17.0 Å². The van der Waals surface area contributed by atoms with Gasteiger partial charge in [-0.2, -0.15) is 0 Å². The highest BCUT2D eigenvalue weighted by molar-refractivity contribution is 7.71. The van der Waals surface area contributed by atoms with Crippen LogP contribution in [0.1, 0.15) is 0 Å². The van der Waals surface area contributed by atoms with Crippen molar-refractivity contribution in [3.63, 3.8) is 0 Å². The Kier molecular flexibility index (Phi) is 3.22. The van der Waals surface area contributed by atoms with E-state index in [1.54, 1.807) is 11.7 Å². The lowest BCUT2D eigenvalue weighted by Gasteiger charge is -2.05. The van der Waals surface area contributed by atoms with Gasteiger partial charge < -0.3 is 9.72 Å². The van der Waals surface area contributed by atoms with Gasteiger partial charge in [-0.05, 0) is 18.3 Å². The van der Waals surface area contributed by atoms with E-state index in [0.717, 1.165) is 15.6 Å². The highest BCUT2D eigenvalue weighted by atomic mass is 32.1. The summed E-state index contributed by atoms with van der Waals surface area (Å²) in [6, 6.07) is 7.94. The minimum absolute atomic E-state index is 0.0444. The van der Waals surface area contributed by atoms with Gasteiger partial charge in [0.15, 0.2) is 4.77 Å². The molecule has 0 saturated heterocycles. The van der Waals surface area contributed by atoms with E-state index in [2.05, 4.69) is 4.98 Å². The third kappa shape index (κ3) is 2.01. The van der Waals surface area contributed by atoms with Crippen LogP contribution in [0.4, 0.5) is 0 Å². The van der Waals surface area contributed by atoms with Gasteiger partial charge in [0.25, 0.3) is 5.56 Å². The maximum atomic E-state index is 12.5. The number of aromatic nitrogens is 2. The van der Waals surface area contributed by atoms with Crippen molar-refractivity contribution in [2.24, 2.45) is 0 Å². The third-order valence-corrected chi connectivity index (χ3v) is 4.51. The maximum absolute atomic E-state index is 12.5. The van der Waals surface area contributed by atoms with E-state index < -0.39 is 0 Å². The molecule has 1 aromatic carbocycles. The lowest BCUT2D eigenvalue weighted by Crippen LogP contribution is -2.23. The average molecular weight is 292 g/mol. The summed E-state index contributed by atoms with van der Waals surface area (Å²) in [5, 5.41) is 1.05. The summed E-state index contributed by atoms with van der Waals surface area (Å²) in [7, 11) is 1.61. The molecule has 1 N–H and O–H groups in total. The first-order chi connectivity index (χ1) is 9.22. The van der Waals surface area contributed by atoms with Gasteiger partial charge in [0.2, 0.25) is 0 Å². The molecule has 4 nitrogen and oxygen atoms in total. The molecular weight excluding hydrogens is 280 g/mol. The number of fused-ring (bicyclic) bond motifs is 3. The molecule has 3 rings (SSSR count). The highest BCUT2D eigenvalue weighted by Crippen LogP contribution is 2.29. The Morgan fingerprint density at radius 2 is 2.21 bits per heavy atom. The second kappa shape index (κ2) is 4.88. The molecule has 0 aliphatic carbocycles. The molecule has 0 fully saturated rings. The van der Waals surface area contributed by atoms with Crippen LogP contribution in [0.2, 0.25) is 0 Å². The first kappa shape index (κ1) is 12.5. The van der Waals surface area contributed by atoms with Crippen molar-refractivity contribution in [3.8, 4) is 0 Å². The topological polar surface area (TPSA) is 47.0 Å². The second-order valence-corrected chi connectivity index (χ2v) is 5.62.